The van der Waals surface area contributed by atoms with Gasteiger partial charge in [0.1, 0.15) is 0 Å². The van der Waals surface area contributed by atoms with Gasteiger partial charge in [-0.3, -0.25) is 9.69 Å². The maximum Gasteiger partial charge on any atom is 0.308 e. The van der Waals surface area contributed by atoms with Crippen LogP contribution >= 0.6 is 0 Å². The minimum Gasteiger partial charge on any atom is -0.481 e. The van der Waals surface area contributed by atoms with Gasteiger partial charge in [-0.2, -0.15) is 0 Å². The molecule has 0 bridgehead atoms. The number of hydrogen-bond acceptors (Lipinski definition) is 2. The van der Waals surface area contributed by atoms with E-state index in [9.17, 15) is 9.90 Å². The number of hydrogen-bond donors (Lipinski definition) is 1. The number of nitrogens with zero attached hydrogens (tertiary/aromatic N) is 1. The van der Waals surface area contributed by atoms with Crippen LogP contribution < -0.4 is 0 Å². The van der Waals surface area contributed by atoms with Crippen molar-refractivity contribution in [2.75, 3.05) is 13.1 Å². The number of likely N-dealkylation sites (tertiary alicyclic amines) is 1. The van der Waals surface area contributed by atoms with E-state index >= 15 is 0 Å². The normalized spacial score (nSPS) is 24.6. The summed E-state index contributed by atoms with van der Waals surface area (Å²) in [7, 11) is 0. The molecule has 0 unspecified atom stereocenters. The molecule has 3 nitrogen and oxygen atoms in total. The van der Waals surface area contributed by atoms with Gasteiger partial charge in [-0.1, -0.05) is 24.3 Å². The van der Waals surface area contributed by atoms with Crippen molar-refractivity contribution in [1.29, 1.82) is 0 Å². The first-order valence-corrected chi connectivity index (χ1v) is 6.84. The van der Waals surface area contributed by atoms with E-state index in [1.165, 1.54) is 11.1 Å². The van der Waals surface area contributed by atoms with Crippen LogP contribution in [0.3, 0.4) is 0 Å². The van der Waals surface area contributed by atoms with E-state index in [1.54, 1.807) is 0 Å². The summed E-state index contributed by atoms with van der Waals surface area (Å²) in [6.07, 6.45) is 0. The Morgan fingerprint density at radius 3 is 2.42 bits per heavy atom. The zero-order valence-electron chi connectivity index (χ0n) is 12.2. The van der Waals surface area contributed by atoms with Gasteiger partial charge in [-0.15, -0.1) is 0 Å². The highest BCUT2D eigenvalue weighted by atomic mass is 16.4. The Labute approximate surface area is 115 Å². The van der Waals surface area contributed by atoms with Gasteiger partial charge in [0, 0.05) is 24.5 Å². The number of carboxylic acids is 1. The molecule has 19 heavy (non-hydrogen) atoms. The Bertz CT molecular complexity index is 476. The van der Waals surface area contributed by atoms with Crippen molar-refractivity contribution in [3.8, 4) is 0 Å². The van der Waals surface area contributed by atoms with Crippen LogP contribution in [0.4, 0.5) is 0 Å². The number of aliphatic carboxylic acids is 1. The van der Waals surface area contributed by atoms with Crippen molar-refractivity contribution < 1.29 is 9.90 Å². The van der Waals surface area contributed by atoms with Gasteiger partial charge < -0.3 is 5.11 Å². The average Bonchev–Trinajstić information content (AvgIpc) is 2.74. The summed E-state index contributed by atoms with van der Waals surface area (Å²) in [5, 5.41) is 9.49. The lowest BCUT2D eigenvalue weighted by Crippen LogP contribution is -2.40. The summed E-state index contributed by atoms with van der Waals surface area (Å²) in [6.45, 7) is 9.96. The van der Waals surface area contributed by atoms with E-state index in [-0.39, 0.29) is 17.4 Å². The lowest BCUT2D eigenvalue weighted by Gasteiger charge is -2.31. The van der Waals surface area contributed by atoms with Gasteiger partial charge in [0.2, 0.25) is 0 Å². The second kappa shape index (κ2) is 4.97. The fourth-order valence-electron chi connectivity index (χ4n) is 2.92. The summed E-state index contributed by atoms with van der Waals surface area (Å²) in [6, 6.07) is 8.14. The predicted molar refractivity (Wildman–Crippen MR) is 76.4 cm³/mol. The minimum atomic E-state index is -0.681. The van der Waals surface area contributed by atoms with E-state index in [0.29, 0.717) is 6.54 Å². The number of carboxylic acid groups (broad SMARTS) is 1. The summed E-state index contributed by atoms with van der Waals surface area (Å²) >= 11 is 0. The Morgan fingerprint density at radius 1 is 1.26 bits per heavy atom. The highest BCUT2D eigenvalue weighted by Gasteiger charge is 2.42. The lowest BCUT2D eigenvalue weighted by molar-refractivity contribution is -0.141. The lowest BCUT2D eigenvalue weighted by atomic mass is 9.86. The minimum absolute atomic E-state index is 0.0190. The van der Waals surface area contributed by atoms with Crippen molar-refractivity contribution in [3.63, 3.8) is 0 Å². The Morgan fingerprint density at radius 2 is 1.89 bits per heavy atom. The topological polar surface area (TPSA) is 40.5 Å². The first kappa shape index (κ1) is 14.1. The molecule has 0 aliphatic carbocycles. The van der Waals surface area contributed by atoms with Crippen LogP contribution in [-0.4, -0.2) is 34.6 Å². The molecule has 1 fully saturated rings. The molecule has 1 aromatic carbocycles. The molecule has 0 radical (unpaired) electrons. The van der Waals surface area contributed by atoms with Crippen LogP contribution in [0.25, 0.3) is 0 Å². The van der Waals surface area contributed by atoms with Crippen molar-refractivity contribution >= 4 is 5.97 Å². The molecular formula is C16H23NO2. The molecule has 1 saturated heterocycles. The summed E-state index contributed by atoms with van der Waals surface area (Å²) in [5.41, 5.74) is 2.39. The Balaban J connectivity index is 2.33. The highest BCUT2D eigenvalue weighted by Crippen LogP contribution is 2.37. The fourth-order valence-corrected chi connectivity index (χ4v) is 2.92. The maximum absolute atomic E-state index is 11.5. The molecule has 1 N–H and O–H groups in total. The molecule has 0 amide bonds. The van der Waals surface area contributed by atoms with Crippen molar-refractivity contribution in [2.24, 2.45) is 5.92 Å². The van der Waals surface area contributed by atoms with Gasteiger partial charge in [-0.25, -0.2) is 0 Å². The predicted octanol–water partition coefficient (Wildman–Crippen LogP) is 2.89. The molecule has 3 heteroatoms. The molecule has 2 rings (SSSR count). The molecule has 0 aromatic heterocycles. The first-order chi connectivity index (χ1) is 8.80. The largest absolute Gasteiger partial charge is 0.481 e. The van der Waals surface area contributed by atoms with Gasteiger partial charge >= 0.3 is 5.97 Å². The average molecular weight is 261 g/mol. The fraction of sp³-hybridized carbons (Fsp3) is 0.562. The smallest absolute Gasteiger partial charge is 0.308 e. The van der Waals surface area contributed by atoms with Crippen molar-refractivity contribution in [2.45, 2.75) is 39.2 Å². The monoisotopic (exact) mass is 261 g/mol. The molecular weight excluding hydrogens is 238 g/mol. The number of rotatable bonds is 2. The second-order valence-corrected chi connectivity index (χ2v) is 6.48. The number of aryl methyl sites for hydroxylation is 1. The third-order valence-electron chi connectivity index (χ3n) is 4.17. The summed E-state index contributed by atoms with van der Waals surface area (Å²) in [5.74, 6) is -0.891. The molecule has 104 valence electrons. The molecule has 1 aliphatic rings. The molecule has 1 aliphatic heterocycles. The number of benzene rings is 1. The van der Waals surface area contributed by atoms with Crippen molar-refractivity contribution in [3.05, 3.63) is 35.4 Å². The van der Waals surface area contributed by atoms with Crippen LogP contribution in [0.1, 0.15) is 37.8 Å². The summed E-state index contributed by atoms with van der Waals surface area (Å²) in [4.78, 5) is 13.8. The van der Waals surface area contributed by atoms with E-state index in [2.05, 4.69) is 44.7 Å². The Kier molecular flexibility index (Phi) is 3.68. The summed E-state index contributed by atoms with van der Waals surface area (Å²) < 4.78 is 0. The first-order valence-electron chi connectivity index (χ1n) is 6.84. The van der Waals surface area contributed by atoms with Gasteiger partial charge in [0.05, 0.1) is 5.92 Å². The zero-order valence-corrected chi connectivity index (χ0v) is 12.2. The third kappa shape index (κ3) is 2.81. The van der Waals surface area contributed by atoms with Crippen molar-refractivity contribution in [1.82, 2.24) is 4.90 Å². The van der Waals surface area contributed by atoms with E-state index in [0.717, 1.165) is 6.54 Å². The molecule has 1 aromatic rings. The Hall–Kier alpha value is -1.35. The van der Waals surface area contributed by atoms with E-state index in [4.69, 9.17) is 0 Å². The van der Waals surface area contributed by atoms with Crippen LogP contribution in [0, 0.1) is 12.8 Å². The quantitative estimate of drug-likeness (QED) is 0.890. The molecule has 2 atom stereocenters. The van der Waals surface area contributed by atoms with Gasteiger partial charge in [-0.05, 0) is 38.8 Å². The van der Waals surface area contributed by atoms with Crippen LogP contribution in [0.15, 0.2) is 24.3 Å². The van der Waals surface area contributed by atoms with Gasteiger partial charge in [0.15, 0.2) is 0 Å². The van der Waals surface area contributed by atoms with Crippen LogP contribution in [0.5, 0.6) is 0 Å². The molecule has 1 heterocycles. The SMILES string of the molecule is Cc1ccccc1[C@H]1CN(C(C)(C)C)C[C@@H]1C(=O)O. The van der Waals surface area contributed by atoms with Crippen LogP contribution in [0.2, 0.25) is 0 Å². The standard InChI is InChI=1S/C16H23NO2/c1-11-7-5-6-8-12(11)13-9-17(16(2,3)4)10-14(13)15(18)19/h5-8,13-14H,9-10H2,1-4H3,(H,18,19)/t13-,14+/m1/s1. The van der Waals surface area contributed by atoms with Gasteiger partial charge in [0.25, 0.3) is 0 Å². The maximum atomic E-state index is 11.5. The number of carbonyl (C=O) groups is 1. The van der Waals surface area contributed by atoms with Crippen LogP contribution in [-0.2, 0) is 4.79 Å². The third-order valence-corrected chi connectivity index (χ3v) is 4.17. The molecule has 0 spiro atoms. The second-order valence-electron chi connectivity index (χ2n) is 6.48. The van der Waals surface area contributed by atoms with E-state index < -0.39 is 5.97 Å². The zero-order chi connectivity index (χ0) is 14.2. The molecule has 0 saturated carbocycles. The van der Waals surface area contributed by atoms with E-state index in [1.807, 2.05) is 12.1 Å². The highest BCUT2D eigenvalue weighted by molar-refractivity contribution is 5.72.